The molecule has 0 aliphatic rings. The van der Waals surface area contributed by atoms with Gasteiger partial charge in [0, 0.05) is 6.07 Å². The molecule has 0 saturated heterocycles. The normalized spacial score (nSPS) is 10.5. The Kier molecular flexibility index (Phi) is 3.13. The van der Waals surface area contributed by atoms with Crippen LogP contribution in [0.15, 0.2) is 6.07 Å². The van der Waals surface area contributed by atoms with E-state index in [-0.39, 0.29) is 0 Å². The Morgan fingerprint density at radius 2 is 2.20 bits per heavy atom. The number of aromatic carboxylic acids is 1. The van der Waals surface area contributed by atoms with Crippen LogP contribution < -0.4 is 4.74 Å². The molecular weight excluding hydrogens is 215 g/mol. The minimum atomic E-state index is -3.03. The second-order valence-corrected chi connectivity index (χ2v) is 2.52. The lowest BCUT2D eigenvalue weighted by molar-refractivity contribution is 0.0683. The van der Waals surface area contributed by atoms with Gasteiger partial charge in [-0.3, -0.25) is 0 Å². The Morgan fingerprint density at radius 3 is 2.60 bits per heavy atom. The minimum absolute atomic E-state index is 0.440. The summed E-state index contributed by atoms with van der Waals surface area (Å²) in [4.78, 5) is 13.5. The quantitative estimate of drug-likeness (QED) is 0.791. The molecule has 15 heavy (non-hydrogen) atoms. The highest BCUT2D eigenvalue weighted by Gasteiger charge is 2.23. The number of rotatable bonds is 3. The molecule has 1 heterocycles. The topological polar surface area (TPSA) is 59.4 Å². The number of halogens is 3. The first kappa shape index (κ1) is 11.3. The van der Waals surface area contributed by atoms with Gasteiger partial charge in [-0.15, -0.1) is 0 Å². The van der Waals surface area contributed by atoms with Gasteiger partial charge in [0.1, 0.15) is 0 Å². The molecule has 0 amide bonds. The van der Waals surface area contributed by atoms with Crippen molar-refractivity contribution in [2.45, 2.75) is 6.43 Å². The van der Waals surface area contributed by atoms with E-state index in [0.717, 1.165) is 7.11 Å². The van der Waals surface area contributed by atoms with Crippen molar-refractivity contribution in [2.24, 2.45) is 0 Å². The van der Waals surface area contributed by atoms with Crippen molar-refractivity contribution in [3.63, 3.8) is 0 Å². The maximum atomic E-state index is 12.7. The molecule has 4 nitrogen and oxygen atoms in total. The largest absolute Gasteiger partial charge is 0.494 e. The van der Waals surface area contributed by atoms with E-state index in [0.29, 0.717) is 6.07 Å². The van der Waals surface area contributed by atoms with E-state index in [9.17, 15) is 18.0 Å². The number of aromatic nitrogens is 1. The van der Waals surface area contributed by atoms with Gasteiger partial charge in [-0.05, 0) is 0 Å². The zero-order valence-corrected chi connectivity index (χ0v) is 7.50. The van der Waals surface area contributed by atoms with Crippen LogP contribution in [0.5, 0.6) is 5.75 Å². The van der Waals surface area contributed by atoms with Crippen LogP contribution in [-0.2, 0) is 0 Å². The van der Waals surface area contributed by atoms with E-state index in [1.807, 2.05) is 0 Å². The minimum Gasteiger partial charge on any atom is -0.494 e. The van der Waals surface area contributed by atoms with Crippen LogP contribution in [0.1, 0.15) is 22.5 Å². The number of methoxy groups -OCH3 is 1. The highest BCUT2D eigenvalue weighted by Crippen LogP contribution is 2.31. The van der Waals surface area contributed by atoms with Gasteiger partial charge in [-0.25, -0.2) is 18.6 Å². The van der Waals surface area contributed by atoms with Crippen LogP contribution in [0.2, 0.25) is 0 Å². The Bertz CT molecular complexity index is 395. The summed E-state index contributed by atoms with van der Waals surface area (Å²) in [5.41, 5.74) is -1.70. The molecule has 0 unspecified atom stereocenters. The van der Waals surface area contributed by atoms with Crippen molar-refractivity contribution in [1.82, 2.24) is 4.98 Å². The lowest BCUT2D eigenvalue weighted by Gasteiger charge is -2.09. The van der Waals surface area contributed by atoms with Crippen molar-refractivity contribution in [3.8, 4) is 5.75 Å². The number of ether oxygens (including phenoxy) is 1. The van der Waals surface area contributed by atoms with Crippen LogP contribution in [0, 0.1) is 5.95 Å². The molecule has 0 aliphatic carbocycles. The Hall–Kier alpha value is -1.79. The lowest BCUT2D eigenvalue weighted by Crippen LogP contribution is -2.08. The molecule has 0 aromatic carbocycles. The highest BCUT2D eigenvalue weighted by atomic mass is 19.3. The fraction of sp³-hybridized carbons (Fsp3) is 0.250. The van der Waals surface area contributed by atoms with Crippen molar-refractivity contribution >= 4 is 5.97 Å². The van der Waals surface area contributed by atoms with Gasteiger partial charge in [0.25, 0.3) is 6.43 Å². The van der Waals surface area contributed by atoms with Gasteiger partial charge in [-0.2, -0.15) is 4.39 Å². The molecule has 7 heteroatoms. The lowest BCUT2D eigenvalue weighted by atomic mass is 10.2. The van der Waals surface area contributed by atoms with E-state index < -0.39 is 35.3 Å². The maximum Gasteiger partial charge on any atom is 0.358 e. The molecule has 0 fully saturated rings. The van der Waals surface area contributed by atoms with Crippen LogP contribution in [0.3, 0.4) is 0 Å². The van der Waals surface area contributed by atoms with Crippen molar-refractivity contribution in [2.75, 3.05) is 7.11 Å². The highest BCUT2D eigenvalue weighted by molar-refractivity contribution is 5.89. The van der Waals surface area contributed by atoms with Crippen LogP contribution >= 0.6 is 0 Å². The number of carboxylic acid groups (broad SMARTS) is 1. The van der Waals surface area contributed by atoms with E-state index in [4.69, 9.17) is 5.11 Å². The predicted molar refractivity (Wildman–Crippen MR) is 42.7 cm³/mol. The summed E-state index contributed by atoms with van der Waals surface area (Å²) >= 11 is 0. The zero-order valence-electron chi connectivity index (χ0n) is 7.50. The molecule has 1 rings (SSSR count). The second kappa shape index (κ2) is 4.16. The SMILES string of the molecule is COc1c(C(F)F)cc(F)nc1C(=O)O. The molecule has 82 valence electrons. The van der Waals surface area contributed by atoms with Gasteiger partial charge < -0.3 is 9.84 Å². The van der Waals surface area contributed by atoms with Gasteiger partial charge in [0.15, 0.2) is 11.4 Å². The van der Waals surface area contributed by atoms with Gasteiger partial charge in [-0.1, -0.05) is 0 Å². The summed E-state index contributed by atoms with van der Waals surface area (Å²) in [6.45, 7) is 0. The molecule has 1 aromatic rings. The monoisotopic (exact) mass is 221 g/mol. The third-order valence-corrected chi connectivity index (χ3v) is 1.61. The Morgan fingerprint density at radius 1 is 1.60 bits per heavy atom. The first-order valence-electron chi connectivity index (χ1n) is 3.73. The summed E-state index contributed by atoms with van der Waals surface area (Å²) in [5, 5.41) is 8.57. The standard InChI is InChI=1S/C8H6F3NO3/c1-15-6-3(7(10)11)2-4(9)12-5(6)8(13)14/h2,7H,1H3,(H,13,14). The van der Waals surface area contributed by atoms with Gasteiger partial charge in [0.2, 0.25) is 5.95 Å². The maximum absolute atomic E-state index is 12.7. The molecule has 0 radical (unpaired) electrons. The molecule has 0 spiro atoms. The van der Waals surface area contributed by atoms with Crippen molar-refractivity contribution in [1.29, 1.82) is 0 Å². The molecule has 0 bridgehead atoms. The van der Waals surface area contributed by atoms with Gasteiger partial charge >= 0.3 is 5.97 Å². The smallest absolute Gasteiger partial charge is 0.358 e. The van der Waals surface area contributed by atoms with E-state index in [2.05, 4.69) is 9.72 Å². The second-order valence-electron chi connectivity index (χ2n) is 2.52. The third-order valence-electron chi connectivity index (χ3n) is 1.61. The van der Waals surface area contributed by atoms with Crippen LogP contribution in [-0.4, -0.2) is 23.2 Å². The van der Waals surface area contributed by atoms with Crippen LogP contribution in [0.4, 0.5) is 13.2 Å². The summed E-state index contributed by atoms with van der Waals surface area (Å²) in [6, 6.07) is 0.440. The number of alkyl halides is 2. The summed E-state index contributed by atoms with van der Waals surface area (Å²) in [5.74, 6) is -3.55. The van der Waals surface area contributed by atoms with E-state index >= 15 is 0 Å². The number of hydrogen-bond donors (Lipinski definition) is 1. The van der Waals surface area contributed by atoms with Crippen LogP contribution in [0.25, 0.3) is 0 Å². The molecular formula is C8H6F3NO3. The Labute approximate surface area is 82.3 Å². The number of carboxylic acids is 1. The van der Waals surface area contributed by atoms with Crippen molar-refractivity contribution < 1.29 is 27.8 Å². The fourth-order valence-electron chi connectivity index (χ4n) is 1.04. The molecule has 0 aliphatic heterocycles. The molecule has 0 atom stereocenters. The summed E-state index contributed by atoms with van der Waals surface area (Å²) in [7, 11) is 1.01. The third kappa shape index (κ3) is 2.17. The Balaban J connectivity index is 3.45. The molecule has 1 N–H and O–H groups in total. The molecule has 0 saturated carbocycles. The van der Waals surface area contributed by atoms with E-state index in [1.54, 1.807) is 0 Å². The summed E-state index contributed by atoms with van der Waals surface area (Å²) < 4.78 is 41.9. The number of nitrogens with zero attached hydrogens (tertiary/aromatic N) is 1. The first-order valence-corrected chi connectivity index (χ1v) is 3.73. The van der Waals surface area contributed by atoms with Gasteiger partial charge in [0.05, 0.1) is 12.7 Å². The molecule has 1 aromatic heterocycles. The van der Waals surface area contributed by atoms with Crippen molar-refractivity contribution in [3.05, 3.63) is 23.3 Å². The zero-order chi connectivity index (χ0) is 11.6. The number of carbonyl (C=O) groups is 1. The summed E-state index contributed by atoms with van der Waals surface area (Å²) in [6.07, 6.45) is -3.03. The predicted octanol–water partition coefficient (Wildman–Crippen LogP) is 1.87. The average molecular weight is 221 g/mol. The number of pyridine rings is 1. The number of hydrogen-bond acceptors (Lipinski definition) is 3. The average Bonchev–Trinajstić information content (AvgIpc) is 2.16. The van der Waals surface area contributed by atoms with E-state index in [1.165, 1.54) is 0 Å². The first-order chi connectivity index (χ1) is 6.97. The fourth-order valence-corrected chi connectivity index (χ4v) is 1.04.